The molecule has 0 aliphatic carbocycles. The first-order valence-corrected chi connectivity index (χ1v) is 5.62. The van der Waals surface area contributed by atoms with Crippen LogP contribution in [0.25, 0.3) is 0 Å². The number of nitrogens with zero attached hydrogens (tertiary/aromatic N) is 1. The first-order chi connectivity index (χ1) is 5.29. The summed E-state index contributed by atoms with van der Waals surface area (Å²) in [4.78, 5) is 4.09. The van der Waals surface area contributed by atoms with Gasteiger partial charge in [0.1, 0.15) is 5.69 Å². The summed E-state index contributed by atoms with van der Waals surface area (Å²) in [7, 11) is -0.125. The third kappa shape index (κ3) is 3.10. The zero-order valence-electron chi connectivity index (χ0n) is 6.70. The lowest BCUT2D eigenvalue weighted by molar-refractivity contribution is 1.29. The number of thiol groups is 1. The van der Waals surface area contributed by atoms with E-state index in [9.17, 15) is 0 Å². The molecule has 0 fully saturated rings. The molecule has 2 heteroatoms. The van der Waals surface area contributed by atoms with Crippen molar-refractivity contribution in [1.29, 1.82) is 0 Å². The van der Waals surface area contributed by atoms with Crippen LogP contribution in [0.5, 0.6) is 0 Å². The molecule has 0 unspecified atom stereocenters. The molecular formula is C9H11NS. The second-order valence-electron chi connectivity index (χ2n) is 2.35. The lowest BCUT2D eigenvalue weighted by Gasteiger charge is -1.92. The zero-order chi connectivity index (χ0) is 8.10. The Hall–Kier alpha value is -0.940. The molecule has 0 saturated carbocycles. The first-order valence-electron chi connectivity index (χ1n) is 3.39. The number of aromatic nitrogens is 1. The fourth-order valence-electron chi connectivity index (χ4n) is 0.606. The molecule has 0 N–H and O–H groups in total. The van der Waals surface area contributed by atoms with Crippen LogP contribution in [0.3, 0.4) is 0 Å². The van der Waals surface area contributed by atoms with E-state index in [-0.39, 0.29) is 10.9 Å². The smallest absolute Gasteiger partial charge is 0.113 e. The predicted octanol–water partition coefficient (Wildman–Crippen LogP) is 1.65. The minimum absolute atomic E-state index is 0.125. The van der Waals surface area contributed by atoms with Crippen molar-refractivity contribution >= 4 is 10.9 Å². The third-order valence-electron chi connectivity index (χ3n) is 1.07. The second kappa shape index (κ2) is 4.05. The van der Waals surface area contributed by atoms with E-state index < -0.39 is 0 Å². The highest BCUT2D eigenvalue weighted by molar-refractivity contribution is 8.20. The summed E-state index contributed by atoms with van der Waals surface area (Å²) in [5.41, 5.74) is 0.865. The van der Waals surface area contributed by atoms with E-state index in [1.807, 2.05) is 18.2 Å². The Labute approximate surface area is 70.2 Å². The molecule has 0 saturated heterocycles. The van der Waals surface area contributed by atoms with Gasteiger partial charge in [0.2, 0.25) is 0 Å². The van der Waals surface area contributed by atoms with Gasteiger partial charge in [-0.05, 0) is 30.6 Å². The summed E-state index contributed by atoms with van der Waals surface area (Å²) in [6.07, 6.45) is 6.02. The van der Waals surface area contributed by atoms with Crippen molar-refractivity contribution in [2.24, 2.45) is 0 Å². The number of hydrogen-bond acceptors (Lipinski definition) is 1. The number of pyridine rings is 1. The molecule has 1 aromatic rings. The SMILES string of the molecule is C[SH](C)C#Cc1ccccn1. The van der Waals surface area contributed by atoms with Crippen LogP contribution >= 0.6 is 10.9 Å². The Morgan fingerprint density at radius 3 is 2.73 bits per heavy atom. The maximum absolute atomic E-state index is 4.09. The topological polar surface area (TPSA) is 12.9 Å². The molecule has 1 rings (SSSR count). The molecule has 1 nitrogen and oxygen atoms in total. The predicted molar refractivity (Wildman–Crippen MR) is 51.9 cm³/mol. The summed E-state index contributed by atoms with van der Waals surface area (Å²) in [6, 6.07) is 5.77. The first kappa shape index (κ1) is 8.16. The summed E-state index contributed by atoms with van der Waals surface area (Å²) >= 11 is 0. The molecular weight excluding hydrogens is 154 g/mol. The monoisotopic (exact) mass is 165 g/mol. The summed E-state index contributed by atoms with van der Waals surface area (Å²) in [5.74, 6) is 3.01. The molecule has 0 aliphatic heterocycles. The molecule has 0 aromatic carbocycles. The lowest BCUT2D eigenvalue weighted by atomic mass is 10.4. The zero-order valence-corrected chi connectivity index (χ0v) is 7.60. The highest BCUT2D eigenvalue weighted by Crippen LogP contribution is 2.08. The molecule has 1 aromatic heterocycles. The normalized spacial score (nSPS) is 9.82. The minimum atomic E-state index is -0.125. The molecule has 0 radical (unpaired) electrons. The van der Waals surface area contributed by atoms with E-state index in [1.54, 1.807) is 6.20 Å². The van der Waals surface area contributed by atoms with Crippen LogP contribution < -0.4 is 0 Å². The third-order valence-corrected chi connectivity index (χ3v) is 1.63. The Kier molecular flexibility index (Phi) is 3.00. The molecule has 0 spiro atoms. The van der Waals surface area contributed by atoms with E-state index in [0.29, 0.717) is 0 Å². The van der Waals surface area contributed by atoms with Crippen LogP contribution in [0.15, 0.2) is 24.4 Å². The standard InChI is InChI=1S/C9H11NS/c1-11(2)8-6-9-5-3-4-7-10-9/h3-5,7,11H,1-2H3. The van der Waals surface area contributed by atoms with Gasteiger partial charge in [0.25, 0.3) is 0 Å². The Morgan fingerprint density at radius 2 is 2.18 bits per heavy atom. The van der Waals surface area contributed by atoms with Crippen LogP contribution in [0.2, 0.25) is 0 Å². The van der Waals surface area contributed by atoms with E-state index in [4.69, 9.17) is 0 Å². The lowest BCUT2D eigenvalue weighted by Crippen LogP contribution is -1.77. The van der Waals surface area contributed by atoms with Gasteiger partial charge in [0.05, 0.1) is 0 Å². The van der Waals surface area contributed by atoms with Crippen molar-refractivity contribution in [3.63, 3.8) is 0 Å². The van der Waals surface area contributed by atoms with Gasteiger partial charge in [-0.15, -0.1) is 0 Å². The maximum Gasteiger partial charge on any atom is 0.113 e. The van der Waals surface area contributed by atoms with E-state index >= 15 is 0 Å². The van der Waals surface area contributed by atoms with Crippen molar-refractivity contribution in [3.8, 4) is 11.2 Å². The summed E-state index contributed by atoms with van der Waals surface area (Å²) in [5, 5.41) is 3.11. The van der Waals surface area contributed by atoms with E-state index in [2.05, 4.69) is 28.7 Å². The highest BCUT2D eigenvalue weighted by Gasteiger charge is 1.82. The van der Waals surface area contributed by atoms with Gasteiger partial charge >= 0.3 is 0 Å². The fourth-order valence-corrected chi connectivity index (χ4v) is 0.944. The average molecular weight is 165 g/mol. The van der Waals surface area contributed by atoms with Crippen molar-refractivity contribution in [1.82, 2.24) is 4.98 Å². The Balaban J connectivity index is 2.75. The quantitative estimate of drug-likeness (QED) is 0.455. The van der Waals surface area contributed by atoms with Crippen molar-refractivity contribution in [3.05, 3.63) is 30.1 Å². The summed E-state index contributed by atoms with van der Waals surface area (Å²) < 4.78 is 0. The van der Waals surface area contributed by atoms with Crippen LogP contribution in [-0.4, -0.2) is 17.5 Å². The van der Waals surface area contributed by atoms with Gasteiger partial charge in [0.15, 0.2) is 0 Å². The Bertz CT molecular complexity index is 269. The number of rotatable bonds is 0. The summed E-state index contributed by atoms with van der Waals surface area (Å²) in [6.45, 7) is 0. The van der Waals surface area contributed by atoms with Gasteiger partial charge in [0, 0.05) is 6.20 Å². The van der Waals surface area contributed by atoms with Gasteiger partial charge in [-0.25, -0.2) is 4.98 Å². The molecule has 0 atom stereocenters. The molecule has 1 heterocycles. The molecule has 58 valence electrons. The minimum Gasteiger partial charge on any atom is -0.248 e. The molecule has 0 bridgehead atoms. The van der Waals surface area contributed by atoms with E-state index in [0.717, 1.165) is 5.69 Å². The van der Waals surface area contributed by atoms with Gasteiger partial charge in [-0.2, -0.15) is 10.9 Å². The van der Waals surface area contributed by atoms with Gasteiger partial charge in [-0.1, -0.05) is 11.3 Å². The largest absolute Gasteiger partial charge is 0.248 e. The second-order valence-corrected chi connectivity index (χ2v) is 4.36. The van der Waals surface area contributed by atoms with Crippen molar-refractivity contribution in [2.45, 2.75) is 0 Å². The highest BCUT2D eigenvalue weighted by atomic mass is 32.2. The number of hydrogen-bond donors (Lipinski definition) is 1. The Morgan fingerprint density at radius 1 is 1.36 bits per heavy atom. The van der Waals surface area contributed by atoms with Gasteiger partial charge < -0.3 is 0 Å². The van der Waals surface area contributed by atoms with Crippen molar-refractivity contribution in [2.75, 3.05) is 12.5 Å². The van der Waals surface area contributed by atoms with Crippen LogP contribution in [0.1, 0.15) is 5.69 Å². The molecule has 0 aliphatic rings. The van der Waals surface area contributed by atoms with Crippen molar-refractivity contribution < 1.29 is 0 Å². The molecule has 11 heavy (non-hydrogen) atoms. The average Bonchev–Trinajstić information content (AvgIpc) is 2.03. The van der Waals surface area contributed by atoms with Gasteiger partial charge in [-0.3, -0.25) is 0 Å². The molecule has 0 amide bonds. The maximum atomic E-state index is 4.09. The van der Waals surface area contributed by atoms with Crippen LogP contribution in [0, 0.1) is 11.2 Å². The van der Waals surface area contributed by atoms with E-state index in [1.165, 1.54) is 0 Å². The van der Waals surface area contributed by atoms with Crippen LogP contribution in [-0.2, 0) is 0 Å². The fraction of sp³-hybridized carbons (Fsp3) is 0.222. The van der Waals surface area contributed by atoms with Crippen LogP contribution in [0.4, 0.5) is 0 Å².